The lowest BCUT2D eigenvalue weighted by atomic mass is 10.0. The van der Waals surface area contributed by atoms with Gasteiger partial charge in [0.1, 0.15) is 5.75 Å². The molecule has 0 bridgehead atoms. The Kier molecular flexibility index (Phi) is 4.36. The Hall–Kier alpha value is -1.27. The van der Waals surface area contributed by atoms with Crippen LogP contribution in [-0.2, 0) is 12.6 Å². The Morgan fingerprint density at radius 2 is 2.06 bits per heavy atom. The van der Waals surface area contributed by atoms with Crippen LogP contribution < -0.4 is 10.5 Å². The molecular weight excluding hydrogens is 235 g/mol. The van der Waals surface area contributed by atoms with Crippen LogP contribution in [-0.4, -0.2) is 24.9 Å². The van der Waals surface area contributed by atoms with E-state index in [0.29, 0.717) is 5.56 Å². The average molecular weight is 249 g/mol. The minimum absolute atomic E-state index is 0.128. The van der Waals surface area contributed by atoms with Crippen LogP contribution in [0.2, 0.25) is 0 Å². The first kappa shape index (κ1) is 13.8. The molecule has 0 fully saturated rings. The van der Waals surface area contributed by atoms with Crippen LogP contribution in [0.3, 0.4) is 0 Å². The molecule has 17 heavy (non-hydrogen) atoms. The lowest BCUT2D eigenvalue weighted by molar-refractivity contribution is -0.137. The number of rotatable bonds is 4. The van der Waals surface area contributed by atoms with E-state index in [1.807, 2.05) is 0 Å². The van der Waals surface area contributed by atoms with Gasteiger partial charge in [-0.2, -0.15) is 13.2 Å². The standard InChI is InChI=1S/C11H14F3NO2/c1-17-10-5-8(11(12,13)14)3-2-7(10)4-9(15)6-16/h2-3,5,9,16H,4,6,15H2,1H3. The molecule has 1 rings (SSSR count). The molecule has 96 valence electrons. The molecular formula is C11H14F3NO2. The highest BCUT2D eigenvalue weighted by Gasteiger charge is 2.31. The molecule has 0 spiro atoms. The molecule has 1 unspecified atom stereocenters. The van der Waals surface area contributed by atoms with Crippen LogP contribution in [0.1, 0.15) is 11.1 Å². The first-order valence-electron chi connectivity index (χ1n) is 4.99. The molecule has 0 saturated carbocycles. The van der Waals surface area contributed by atoms with Crippen molar-refractivity contribution in [3.05, 3.63) is 29.3 Å². The molecule has 0 saturated heterocycles. The monoisotopic (exact) mass is 249 g/mol. The smallest absolute Gasteiger partial charge is 0.416 e. The third kappa shape index (κ3) is 3.61. The van der Waals surface area contributed by atoms with Gasteiger partial charge >= 0.3 is 6.18 Å². The second kappa shape index (κ2) is 5.37. The summed E-state index contributed by atoms with van der Waals surface area (Å²) in [5.41, 5.74) is 5.30. The normalized spacial score (nSPS) is 13.5. The summed E-state index contributed by atoms with van der Waals surface area (Å²) in [5, 5.41) is 8.80. The summed E-state index contributed by atoms with van der Waals surface area (Å²) in [7, 11) is 1.30. The van der Waals surface area contributed by atoms with Crippen molar-refractivity contribution in [2.24, 2.45) is 5.73 Å². The van der Waals surface area contributed by atoms with E-state index in [1.165, 1.54) is 13.2 Å². The minimum Gasteiger partial charge on any atom is -0.496 e. The lowest BCUT2D eigenvalue weighted by Gasteiger charge is -2.14. The van der Waals surface area contributed by atoms with Gasteiger partial charge < -0.3 is 15.6 Å². The van der Waals surface area contributed by atoms with E-state index >= 15 is 0 Å². The SMILES string of the molecule is COc1cc(C(F)(F)F)ccc1CC(N)CO. The fraction of sp³-hybridized carbons (Fsp3) is 0.455. The van der Waals surface area contributed by atoms with Crippen LogP contribution in [0.15, 0.2) is 18.2 Å². The van der Waals surface area contributed by atoms with Crippen molar-refractivity contribution in [2.75, 3.05) is 13.7 Å². The van der Waals surface area contributed by atoms with Gasteiger partial charge in [0, 0.05) is 6.04 Å². The first-order valence-corrected chi connectivity index (χ1v) is 4.99. The van der Waals surface area contributed by atoms with Crippen molar-refractivity contribution in [1.82, 2.24) is 0 Å². The number of hydrogen-bond donors (Lipinski definition) is 2. The minimum atomic E-state index is -4.40. The molecule has 3 nitrogen and oxygen atoms in total. The molecule has 3 N–H and O–H groups in total. The zero-order valence-corrected chi connectivity index (χ0v) is 9.29. The summed E-state index contributed by atoms with van der Waals surface area (Å²) in [6.45, 7) is -0.232. The van der Waals surface area contributed by atoms with E-state index in [1.54, 1.807) is 0 Å². The van der Waals surface area contributed by atoms with Crippen molar-refractivity contribution in [3.63, 3.8) is 0 Å². The van der Waals surface area contributed by atoms with Gasteiger partial charge in [-0.25, -0.2) is 0 Å². The fourth-order valence-electron chi connectivity index (χ4n) is 1.44. The molecule has 0 aromatic heterocycles. The van der Waals surface area contributed by atoms with Gasteiger partial charge in [0.2, 0.25) is 0 Å². The maximum atomic E-state index is 12.4. The number of aliphatic hydroxyl groups is 1. The molecule has 1 aromatic rings. The largest absolute Gasteiger partial charge is 0.496 e. The highest BCUT2D eigenvalue weighted by molar-refractivity contribution is 5.39. The average Bonchev–Trinajstić information content (AvgIpc) is 2.27. The summed E-state index contributed by atoms with van der Waals surface area (Å²) < 4.78 is 42.2. The van der Waals surface area contributed by atoms with Gasteiger partial charge in [-0.1, -0.05) is 6.07 Å². The Bertz CT molecular complexity index is 379. The Labute approximate surface area is 97.0 Å². The van der Waals surface area contributed by atoms with E-state index in [4.69, 9.17) is 15.6 Å². The summed E-state index contributed by atoms with van der Waals surface area (Å²) in [6, 6.07) is 2.71. The maximum absolute atomic E-state index is 12.4. The predicted molar refractivity (Wildman–Crippen MR) is 56.8 cm³/mol. The van der Waals surface area contributed by atoms with Crippen LogP contribution >= 0.6 is 0 Å². The van der Waals surface area contributed by atoms with Crippen LogP contribution in [0.25, 0.3) is 0 Å². The zero-order valence-electron chi connectivity index (χ0n) is 9.29. The van der Waals surface area contributed by atoms with Crippen LogP contribution in [0.4, 0.5) is 13.2 Å². The quantitative estimate of drug-likeness (QED) is 0.851. The third-order valence-corrected chi connectivity index (χ3v) is 2.33. The first-order chi connectivity index (χ1) is 7.88. The van der Waals surface area contributed by atoms with E-state index in [-0.39, 0.29) is 18.8 Å². The molecule has 0 aliphatic rings. The molecule has 0 heterocycles. The Morgan fingerprint density at radius 3 is 2.53 bits per heavy atom. The Morgan fingerprint density at radius 1 is 1.41 bits per heavy atom. The maximum Gasteiger partial charge on any atom is 0.416 e. The zero-order chi connectivity index (χ0) is 13.1. The highest BCUT2D eigenvalue weighted by Crippen LogP contribution is 2.33. The predicted octanol–water partition coefficient (Wildman–Crippen LogP) is 1.58. The third-order valence-electron chi connectivity index (χ3n) is 2.33. The number of hydrogen-bond acceptors (Lipinski definition) is 3. The number of nitrogens with two attached hydrogens (primary N) is 1. The van der Waals surface area contributed by atoms with E-state index in [9.17, 15) is 13.2 Å². The van der Waals surface area contributed by atoms with Crippen molar-refractivity contribution in [1.29, 1.82) is 0 Å². The number of alkyl halides is 3. The molecule has 0 aliphatic carbocycles. The summed E-state index contributed by atoms with van der Waals surface area (Å²) in [6.07, 6.45) is -4.14. The fourth-order valence-corrected chi connectivity index (χ4v) is 1.44. The van der Waals surface area contributed by atoms with Gasteiger partial charge in [0.05, 0.1) is 19.3 Å². The summed E-state index contributed by atoms with van der Waals surface area (Å²) in [4.78, 5) is 0. The van der Waals surface area contributed by atoms with E-state index in [0.717, 1.165) is 12.1 Å². The number of ether oxygens (including phenoxy) is 1. The van der Waals surface area contributed by atoms with Gasteiger partial charge in [0.15, 0.2) is 0 Å². The molecule has 0 amide bonds. The van der Waals surface area contributed by atoms with Crippen molar-refractivity contribution >= 4 is 0 Å². The second-order valence-electron chi connectivity index (χ2n) is 3.67. The molecule has 6 heteroatoms. The topological polar surface area (TPSA) is 55.5 Å². The van der Waals surface area contributed by atoms with Gasteiger partial charge in [-0.05, 0) is 24.1 Å². The van der Waals surface area contributed by atoms with E-state index in [2.05, 4.69) is 0 Å². The molecule has 0 aliphatic heterocycles. The molecule has 1 atom stereocenters. The lowest BCUT2D eigenvalue weighted by Crippen LogP contribution is -2.27. The van der Waals surface area contributed by atoms with Crippen molar-refractivity contribution < 1.29 is 23.0 Å². The van der Waals surface area contributed by atoms with Gasteiger partial charge in [0.25, 0.3) is 0 Å². The number of aliphatic hydroxyl groups excluding tert-OH is 1. The number of benzene rings is 1. The van der Waals surface area contributed by atoms with E-state index < -0.39 is 17.8 Å². The second-order valence-corrected chi connectivity index (χ2v) is 3.67. The number of methoxy groups -OCH3 is 1. The van der Waals surface area contributed by atoms with Gasteiger partial charge in [-0.15, -0.1) is 0 Å². The van der Waals surface area contributed by atoms with Gasteiger partial charge in [-0.3, -0.25) is 0 Å². The summed E-state index contributed by atoms with van der Waals surface area (Å²) >= 11 is 0. The summed E-state index contributed by atoms with van der Waals surface area (Å²) in [5.74, 6) is 0.128. The van der Waals surface area contributed by atoms with Crippen LogP contribution in [0, 0.1) is 0 Å². The van der Waals surface area contributed by atoms with Crippen LogP contribution in [0.5, 0.6) is 5.75 Å². The highest BCUT2D eigenvalue weighted by atomic mass is 19.4. The molecule has 1 aromatic carbocycles. The van der Waals surface area contributed by atoms with Crippen molar-refractivity contribution in [3.8, 4) is 5.75 Å². The number of halogens is 3. The molecule has 0 radical (unpaired) electrons. The van der Waals surface area contributed by atoms with Crippen molar-refractivity contribution in [2.45, 2.75) is 18.6 Å². The Balaban J connectivity index is 3.01.